The van der Waals surface area contributed by atoms with E-state index in [0.717, 1.165) is 10.4 Å². The third kappa shape index (κ3) is 5.54. The first kappa shape index (κ1) is 26.8. The van der Waals surface area contributed by atoms with E-state index in [1.54, 1.807) is 53.3 Å². The lowest BCUT2D eigenvalue weighted by Crippen LogP contribution is -2.41. The van der Waals surface area contributed by atoms with Gasteiger partial charge in [-0.3, -0.25) is 14.8 Å². The second kappa shape index (κ2) is 11.0. The molecule has 4 N–H and O–H groups in total. The van der Waals surface area contributed by atoms with Crippen LogP contribution in [0.3, 0.4) is 0 Å². The highest BCUT2D eigenvalue weighted by atomic mass is 32.2. The van der Waals surface area contributed by atoms with Crippen molar-refractivity contribution >= 4 is 56.0 Å². The van der Waals surface area contributed by atoms with Gasteiger partial charge in [-0.25, -0.2) is 18.7 Å². The molecular weight excluding hydrogens is 536 g/mol. The average molecular weight is 563 g/mol. The second-order valence-electron chi connectivity index (χ2n) is 8.49. The second-order valence-corrected chi connectivity index (χ2v) is 12.9. The lowest BCUT2D eigenvalue weighted by atomic mass is 9.97. The maximum Gasteiger partial charge on any atom is 0.318 e. The lowest BCUT2D eigenvalue weighted by molar-refractivity contribution is -0.129. The SMILES string of the molecule is CNC(=O)Nc1cccc(-c2ccc(C3(CC(=O)NO)CCN(C(=O)c4cccs4)CCS3(=O)=O)s2)c1. The first-order valence-electron chi connectivity index (χ1n) is 11.4. The number of rotatable bonds is 6. The van der Waals surface area contributed by atoms with Gasteiger partial charge in [0.25, 0.3) is 5.91 Å². The number of sulfone groups is 1. The molecular formula is C24H26N4O6S3. The van der Waals surface area contributed by atoms with Crippen LogP contribution < -0.4 is 16.1 Å². The normalized spacial score (nSPS) is 19.0. The van der Waals surface area contributed by atoms with E-state index in [1.165, 1.54) is 34.6 Å². The smallest absolute Gasteiger partial charge is 0.318 e. The molecule has 0 spiro atoms. The fraction of sp³-hybridized carbons (Fsp3) is 0.292. The Morgan fingerprint density at radius 1 is 1.11 bits per heavy atom. The summed E-state index contributed by atoms with van der Waals surface area (Å²) in [5.41, 5.74) is 2.89. The summed E-state index contributed by atoms with van der Waals surface area (Å²) < 4.78 is 25.9. The zero-order chi connectivity index (χ0) is 26.6. The van der Waals surface area contributed by atoms with Crippen molar-refractivity contribution in [3.05, 3.63) is 63.7 Å². The molecule has 1 aliphatic rings. The van der Waals surface area contributed by atoms with E-state index in [1.807, 2.05) is 6.07 Å². The molecule has 1 atom stereocenters. The van der Waals surface area contributed by atoms with Gasteiger partial charge in [-0.15, -0.1) is 22.7 Å². The third-order valence-electron chi connectivity index (χ3n) is 6.29. The molecule has 1 aliphatic heterocycles. The highest BCUT2D eigenvalue weighted by molar-refractivity contribution is 7.92. The van der Waals surface area contributed by atoms with E-state index in [4.69, 9.17) is 0 Å². The van der Waals surface area contributed by atoms with Gasteiger partial charge in [-0.05, 0) is 47.7 Å². The Morgan fingerprint density at radius 3 is 2.62 bits per heavy atom. The number of nitrogens with one attached hydrogen (secondary N) is 3. The van der Waals surface area contributed by atoms with Crippen molar-refractivity contribution in [3.8, 4) is 10.4 Å². The zero-order valence-corrected chi connectivity index (χ0v) is 22.3. The van der Waals surface area contributed by atoms with Crippen LogP contribution in [0.25, 0.3) is 10.4 Å². The van der Waals surface area contributed by atoms with Gasteiger partial charge in [0.1, 0.15) is 4.75 Å². The minimum atomic E-state index is -3.93. The molecule has 10 nitrogen and oxygen atoms in total. The van der Waals surface area contributed by atoms with Crippen LogP contribution in [0.2, 0.25) is 0 Å². The van der Waals surface area contributed by atoms with Crippen LogP contribution in [0.15, 0.2) is 53.9 Å². The summed E-state index contributed by atoms with van der Waals surface area (Å²) in [6.45, 7) is 0.139. The Labute approximate surface area is 222 Å². The number of thiophene rings is 2. The molecule has 0 saturated carbocycles. The largest absolute Gasteiger partial charge is 0.341 e. The summed E-state index contributed by atoms with van der Waals surface area (Å²) in [7, 11) is -2.42. The van der Waals surface area contributed by atoms with E-state index >= 15 is 0 Å². The van der Waals surface area contributed by atoms with Gasteiger partial charge in [0, 0.05) is 35.6 Å². The van der Waals surface area contributed by atoms with Crippen molar-refractivity contribution in [1.82, 2.24) is 15.7 Å². The summed E-state index contributed by atoms with van der Waals surface area (Å²) in [5.74, 6) is -1.39. The van der Waals surface area contributed by atoms with Crippen molar-refractivity contribution in [2.24, 2.45) is 0 Å². The van der Waals surface area contributed by atoms with Crippen molar-refractivity contribution < 1.29 is 28.0 Å². The molecule has 2 aromatic heterocycles. The number of hydrogen-bond donors (Lipinski definition) is 4. The van der Waals surface area contributed by atoms with E-state index in [-0.39, 0.29) is 37.2 Å². The Balaban J connectivity index is 1.70. The van der Waals surface area contributed by atoms with Crippen molar-refractivity contribution in [1.29, 1.82) is 0 Å². The monoisotopic (exact) mass is 562 g/mol. The minimum Gasteiger partial charge on any atom is -0.341 e. The number of hydrogen-bond acceptors (Lipinski definition) is 8. The number of hydroxylamine groups is 1. The first-order valence-corrected chi connectivity index (χ1v) is 14.7. The van der Waals surface area contributed by atoms with Crippen LogP contribution >= 0.6 is 22.7 Å². The summed E-state index contributed by atoms with van der Waals surface area (Å²) >= 11 is 2.51. The zero-order valence-electron chi connectivity index (χ0n) is 19.9. The standard InChI is InChI=1S/C24H26N4O6S3/c1-25-23(31)26-17-5-2-4-16(14-17)18-7-8-20(36-18)24(15-21(29)27-32)9-10-28(11-13-37(24,33)34)22(30)19-6-3-12-35-19/h2-8,12,14,32H,9-11,13,15H2,1H3,(H,27,29)(H2,25,26,31). The van der Waals surface area contributed by atoms with Gasteiger partial charge >= 0.3 is 6.03 Å². The van der Waals surface area contributed by atoms with Crippen molar-refractivity contribution in [2.75, 3.05) is 31.2 Å². The number of carbonyl (C=O) groups is 3. The molecule has 37 heavy (non-hydrogen) atoms. The number of nitrogens with zero attached hydrogens (tertiary/aromatic N) is 1. The van der Waals surface area contributed by atoms with Gasteiger partial charge < -0.3 is 15.5 Å². The molecule has 4 rings (SSSR count). The van der Waals surface area contributed by atoms with Crippen LogP contribution in [0.5, 0.6) is 0 Å². The molecule has 1 saturated heterocycles. The lowest BCUT2D eigenvalue weighted by Gasteiger charge is -2.30. The molecule has 13 heteroatoms. The Bertz CT molecular complexity index is 1400. The highest BCUT2D eigenvalue weighted by Crippen LogP contribution is 2.45. The summed E-state index contributed by atoms with van der Waals surface area (Å²) in [6.07, 6.45) is -0.483. The fourth-order valence-electron chi connectivity index (χ4n) is 4.31. The van der Waals surface area contributed by atoms with Crippen LogP contribution in [0.4, 0.5) is 10.5 Å². The maximum absolute atomic E-state index is 13.7. The van der Waals surface area contributed by atoms with Gasteiger partial charge in [0.05, 0.1) is 17.1 Å². The molecule has 0 radical (unpaired) electrons. The molecule has 3 aromatic rings. The molecule has 1 fully saturated rings. The average Bonchev–Trinajstić information content (AvgIpc) is 3.58. The van der Waals surface area contributed by atoms with E-state index < -0.39 is 26.9 Å². The van der Waals surface area contributed by atoms with Crippen LogP contribution in [0, 0.1) is 0 Å². The molecule has 1 unspecified atom stereocenters. The fourth-order valence-corrected chi connectivity index (χ4v) is 8.60. The number of amides is 4. The predicted octanol–water partition coefficient (Wildman–Crippen LogP) is 3.28. The van der Waals surface area contributed by atoms with E-state index in [9.17, 15) is 28.0 Å². The quantitative estimate of drug-likeness (QED) is 0.268. The molecule has 196 valence electrons. The van der Waals surface area contributed by atoms with Crippen molar-refractivity contribution in [2.45, 2.75) is 17.6 Å². The highest BCUT2D eigenvalue weighted by Gasteiger charge is 2.50. The number of anilines is 1. The molecule has 0 bridgehead atoms. The van der Waals surface area contributed by atoms with Gasteiger partial charge in [-0.2, -0.15) is 0 Å². The number of carbonyl (C=O) groups excluding carboxylic acids is 3. The molecule has 3 heterocycles. The molecule has 0 aliphatic carbocycles. The Morgan fingerprint density at radius 2 is 1.92 bits per heavy atom. The summed E-state index contributed by atoms with van der Waals surface area (Å²) in [6, 6.07) is 13.6. The number of urea groups is 1. The van der Waals surface area contributed by atoms with Gasteiger partial charge in [0.15, 0.2) is 9.84 Å². The predicted molar refractivity (Wildman–Crippen MR) is 143 cm³/mol. The van der Waals surface area contributed by atoms with Crippen LogP contribution in [0.1, 0.15) is 27.4 Å². The third-order valence-corrected chi connectivity index (χ3v) is 11.1. The topological polar surface area (TPSA) is 145 Å². The van der Waals surface area contributed by atoms with Crippen LogP contribution in [-0.2, 0) is 19.4 Å². The van der Waals surface area contributed by atoms with Gasteiger partial charge in [0.2, 0.25) is 5.91 Å². The van der Waals surface area contributed by atoms with Crippen molar-refractivity contribution in [3.63, 3.8) is 0 Å². The Hall–Kier alpha value is -3.26. The molecule has 1 aromatic carbocycles. The van der Waals surface area contributed by atoms with Gasteiger partial charge in [-0.1, -0.05) is 18.2 Å². The van der Waals surface area contributed by atoms with Crippen LogP contribution in [-0.4, -0.2) is 62.3 Å². The number of benzene rings is 1. The minimum absolute atomic E-state index is 0.00190. The Kier molecular flexibility index (Phi) is 7.97. The summed E-state index contributed by atoms with van der Waals surface area (Å²) in [4.78, 5) is 40.2. The maximum atomic E-state index is 13.7. The molecule has 4 amide bonds. The first-order chi connectivity index (χ1) is 17.7. The van der Waals surface area contributed by atoms with E-state index in [2.05, 4.69) is 10.6 Å². The van der Waals surface area contributed by atoms with E-state index in [0.29, 0.717) is 15.4 Å². The summed E-state index contributed by atoms with van der Waals surface area (Å²) in [5, 5.41) is 16.2.